The minimum Gasteiger partial charge on any atom is -0.468 e. The van der Waals surface area contributed by atoms with Crippen LogP contribution in [0, 0.1) is 5.92 Å². The molecule has 1 aromatic carbocycles. The van der Waals surface area contributed by atoms with Crippen molar-refractivity contribution in [1.29, 1.82) is 0 Å². The molecule has 5 nitrogen and oxygen atoms in total. The third-order valence-corrected chi connectivity index (χ3v) is 4.27. The Hall–Kier alpha value is -1.59. The maximum atomic E-state index is 12.2. The Morgan fingerprint density at radius 1 is 1.33 bits per heavy atom. The topological polar surface area (TPSA) is 72.6 Å². The second-order valence-electron chi connectivity index (χ2n) is 5.16. The molecule has 1 aliphatic heterocycles. The lowest BCUT2D eigenvalue weighted by Gasteiger charge is -2.35. The fraction of sp³-hybridized carbons (Fsp3) is 0.467. The molecule has 1 aromatic rings. The summed E-state index contributed by atoms with van der Waals surface area (Å²) in [6.45, 7) is 1.22. The van der Waals surface area contributed by atoms with E-state index in [1.165, 1.54) is 7.11 Å². The van der Waals surface area contributed by atoms with Gasteiger partial charge in [0, 0.05) is 24.0 Å². The summed E-state index contributed by atoms with van der Waals surface area (Å²) in [4.78, 5) is 25.4. The number of benzene rings is 1. The van der Waals surface area contributed by atoms with Gasteiger partial charge in [-0.1, -0.05) is 29.8 Å². The van der Waals surface area contributed by atoms with Crippen LogP contribution in [0.2, 0.25) is 5.02 Å². The van der Waals surface area contributed by atoms with Crippen molar-refractivity contribution in [3.05, 3.63) is 34.9 Å². The number of methoxy groups -OCH3 is 1. The first-order chi connectivity index (χ1) is 10.0. The van der Waals surface area contributed by atoms with E-state index in [-0.39, 0.29) is 17.8 Å². The number of nitrogens with zero attached hydrogens (tertiary/aromatic N) is 1. The zero-order chi connectivity index (χ0) is 15.4. The van der Waals surface area contributed by atoms with E-state index in [4.69, 9.17) is 22.1 Å². The van der Waals surface area contributed by atoms with E-state index >= 15 is 0 Å². The zero-order valence-corrected chi connectivity index (χ0v) is 12.7. The zero-order valence-electron chi connectivity index (χ0n) is 11.9. The van der Waals surface area contributed by atoms with Crippen molar-refractivity contribution in [3.8, 4) is 0 Å². The van der Waals surface area contributed by atoms with Crippen LogP contribution in [0.1, 0.15) is 24.4 Å². The van der Waals surface area contributed by atoms with Crippen LogP contribution in [-0.2, 0) is 14.3 Å². The van der Waals surface area contributed by atoms with E-state index in [1.807, 2.05) is 23.1 Å². The largest absolute Gasteiger partial charge is 0.468 e. The number of likely N-dealkylation sites (tertiary alicyclic amines) is 1. The van der Waals surface area contributed by atoms with E-state index in [1.54, 1.807) is 6.07 Å². The minimum atomic E-state index is -0.544. The van der Waals surface area contributed by atoms with E-state index < -0.39 is 6.04 Å². The van der Waals surface area contributed by atoms with Crippen molar-refractivity contribution in [1.82, 2.24) is 4.90 Å². The van der Waals surface area contributed by atoms with Gasteiger partial charge in [0.05, 0.1) is 7.11 Å². The molecule has 1 heterocycles. The number of amides is 1. The average Bonchev–Trinajstić information content (AvgIpc) is 2.49. The number of hydrogen-bond donors (Lipinski definition) is 1. The summed E-state index contributed by atoms with van der Waals surface area (Å²) in [6.07, 6.45) is 1.29. The monoisotopic (exact) mass is 310 g/mol. The normalized spacial score (nSPS) is 18.2. The molecule has 114 valence electrons. The fourth-order valence-corrected chi connectivity index (χ4v) is 2.96. The Balaban J connectivity index is 2.21. The number of halogens is 1. The highest BCUT2D eigenvalue weighted by Crippen LogP contribution is 2.31. The molecule has 1 fully saturated rings. The number of piperidine rings is 1. The molecule has 6 heteroatoms. The van der Waals surface area contributed by atoms with E-state index in [0.29, 0.717) is 31.0 Å². The third kappa shape index (κ3) is 3.54. The van der Waals surface area contributed by atoms with E-state index in [9.17, 15) is 9.59 Å². The van der Waals surface area contributed by atoms with Gasteiger partial charge in [0.1, 0.15) is 6.04 Å². The molecule has 0 spiro atoms. The highest BCUT2D eigenvalue weighted by atomic mass is 35.5. The van der Waals surface area contributed by atoms with Crippen LogP contribution >= 0.6 is 11.6 Å². The van der Waals surface area contributed by atoms with Crippen molar-refractivity contribution in [3.63, 3.8) is 0 Å². The number of ether oxygens (including phenoxy) is 1. The third-order valence-electron chi connectivity index (χ3n) is 3.92. The summed E-state index contributed by atoms with van der Waals surface area (Å²) in [5.41, 5.74) is 6.07. The smallest absolute Gasteiger partial charge is 0.327 e. The molecule has 0 unspecified atom stereocenters. The van der Waals surface area contributed by atoms with Crippen molar-refractivity contribution >= 4 is 23.5 Å². The summed E-state index contributed by atoms with van der Waals surface area (Å²) in [5, 5.41) is 0.532. The molecule has 0 saturated carbocycles. The van der Waals surface area contributed by atoms with Gasteiger partial charge >= 0.3 is 5.97 Å². The Kier molecular flexibility index (Phi) is 5.20. The minimum absolute atomic E-state index is 0.120. The second-order valence-corrected chi connectivity index (χ2v) is 5.57. The standard InChI is InChI=1S/C15H19ClN2O3/c1-21-15(20)13(11-4-2-3-5-12(11)16)18-8-6-10(7-9-18)14(17)19/h2-5,10,13H,6-9H2,1H3,(H2,17,19)/t13-/m1/s1. The molecule has 0 bridgehead atoms. The van der Waals surface area contributed by atoms with Gasteiger partial charge in [-0.25, -0.2) is 4.79 Å². The number of primary amides is 1. The molecular formula is C15H19ClN2O3. The molecule has 1 aliphatic rings. The summed E-state index contributed by atoms with van der Waals surface area (Å²) in [5.74, 6) is -0.742. The maximum Gasteiger partial charge on any atom is 0.327 e. The van der Waals surface area contributed by atoms with Crippen LogP contribution in [0.5, 0.6) is 0 Å². The SMILES string of the molecule is COC(=O)[C@@H](c1ccccc1Cl)N1CCC(C(N)=O)CC1. The molecule has 2 N–H and O–H groups in total. The first-order valence-electron chi connectivity index (χ1n) is 6.90. The van der Waals surface area contributed by atoms with Gasteiger partial charge in [0.15, 0.2) is 0 Å². The van der Waals surface area contributed by atoms with Gasteiger partial charge in [-0.2, -0.15) is 0 Å². The lowest BCUT2D eigenvalue weighted by molar-refractivity contribution is -0.148. The Morgan fingerprint density at radius 3 is 2.48 bits per heavy atom. The summed E-state index contributed by atoms with van der Waals surface area (Å²) >= 11 is 6.21. The van der Waals surface area contributed by atoms with Gasteiger partial charge in [0.25, 0.3) is 0 Å². The summed E-state index contributed by atoms with van der Waals surface area (Å²) in [6, 6.07) is 6.69. The molecule has 21 heavy (non-hydrogen) atoms. The number of esters is 1. The van der Waals surface area contributed by atoms with Gasteiger partial charge in [-0.3, -0.25) is 9.69 Å². The first kappa shape index (κ1) is 15.8. The number of hydrogen-bond acceptors (Lipinski definition) is 4. The lowest BCUT2D eigenvalue weighted by Crippen LogP contribution is -2.43. The molecule has 0 radical (unpaired) electrons. The summed E-state index contributed by atoms with van der Waals surface area (Å²) in [7, 11) is 1.36. The van der Waals surface area contributed by atoms with E-state index in [2.05, 4.69) is 0 Å². The molecule has 1 saturated heterocycles. The van der Waals surface area contributed by atoms with Crippen LogP contribution in [0.4, 0.5) is 0 Å². The Bertz CT molecular complexity index is 527. The van der Waals surface area contributed by atoms with Gasteiger partial charge in [-0.05, 0) is 24.5 Å². The maximum absolute atomic E-state index is 12.2. The van der Waals surface area contributed by atoms with Gasteiger partial charge in [-0.15, -0.1) is 0 Å². The second kappa shape index (κ2) is 6.91. The van der Waals surface area contributed by atoms with Crippen LogP contribution in [0.15, 0.2) is 24.3 Å². The van der Waals surface area contributed by atoms with Gasteiger partial charge in [0.2, 0.25) is 5.91 Å². The van der Waals surface area contributed by atoms with Crippen molar-refractivity contribution < 1.29 is 14.3 Å². The Morgan fingerprint density at radius 2 is 1.95 bits per heavy atom. The predicted molar refractivity (Wildman–Crippen MR) is 79.7 cm³/mol. The highest BCUT2D eigenvalue weighted by Gasteiger charge is 2.34. The van der Waals surface area contributed by atoms with Crippen molar-refractivity contribution in [2.45, 2.75) is 18.9 Å². The Labute approximate surface area is 129 Å². The molecule has 0 aromatic heterocycles. The molecular weight excluding hydrogens is 292 g/mol. The molecule has 1 amide bonds. The van der Waals surface area contributed by atoms with Crippen LogP contribution in [-0.4, -0.2) is 37.0 Å². The molecule has 1 atom stereocenters. The average molecular weight is 311 g/mol. The molecule has 0 aliphatic carbocycles. The van der Waals surface area contributed by atoms with Crippen LogP contribution in [0.3, 0.4) is 0 Å². The summed E-state index contributed by atoms with van der Waals surface area (Å²) < 4.78 is 4.92. The number of carbonyl (C=O) groups excluding carboxylic acids is 2. The van der Waals surface area contributed by atoms with Gasteiger partial charge < -0.3 is 10.5 Å². The highest BCUT2D eigenvalue weighted by molar-refractivity contribution is 6.31. The fourth-order valence-electron chi connectivity index (χ4n) is 2.72. The van der Waals surface area contributed by atoms with Crippen LogP contribution in [0.25, 0.3) is 0 Å². The quantitative estimate of drug-likeness (QED) is 0.860. The van der Waals surface area contributed by atoms with E-state index in [0.717, 1.165) is 5.56 Å². The van der Waals surface area contributed by atoms with Crippen molar-refractivity contribution in [2.75, 3.05) is 20.2 Å². The first-order valence-corrected chi connectivity index (χ1v) is 7.28. The van der Waals surface area contributed by atoms with Crippen molar-refractivity contribution in [2.24, 2.45) is 11.7 Å². The lowest BCUT2D eigenvalue weighted by atomic mass is 9.93. The number of rotatable bonds is 4. The molecule has 2 rings (SSSR count). The number of carbonyl (C=O) groups is 2. The van der Waals surface area contributed by atoms with Crippen LogP contribution < -0.4 is 5.73 Å². The number of nitrogens with two attached hydrogens (primary N) is 1. The predicted octanol–water partition coefficient (Wildman–Crippen LogP) is 1.75.